The Morgan fingerprint density at radius 3 is 2.82 bits per heavy atom. The molecular formula is C16H15FN2O2S. The monoisotopic (exact) mass is 318 g/mol. The van der Waals surface area contributed by atoms with Crippen LogP contribution < -0.4 is 5.32 Å². The summed E-state index contributed by atoms with van der Waals surface area (Å²) in [4.78, 5) is 17.7. The lowest BCUT2D eigenvalue weighted by atomic mass is 10.2. The van der Waals surface area contributed by atoms with Gasteiger partial charge in [0.25, 0.3) is 5.91 Å². The summed E-state index contributed by atoms with van der Waals surface area (Å²) >= 11 is 1.60. The van der Waals surface area contributed by atoms with Crippen LogP contribution in [0.4, 0.5) is 10.1 Å². The Morgan fingerprint density at radius 2 is 2.09 bits per heavy atom. The van der Waals surface area contributed by atoms with E-state index in [2.05, 4.69) is 10.5 Å². The summed E-state index contributed by atoms with van der Waals surface area (Å²) in [5.41, 5.74) is 1.40. The molecule has 0 radical (unpaired) electrons. The smallest absolute Gasteiger partial charge is 0.265 e. The SMILES string of the molecule is CSc1cccc(NC(=O)CO/N=C/c2ccc(F)cc2)c1. The molecule has 114 valence electrons. The van der Waals surface area contributed by atoms with Gasteiger partial charge >= 0.3 is 0 Å². The zero-order valence-corrected chi connectivity index (χ0v) is 12.8. The molecule has 0 unspecified atom stereocenters. The molecule has 0 aromatic heterocycles. The highest BCUT2D eigenvalue weighted by atomic mass is 32.2. The topological polar surface area (TPSA) is 50.7 Å². The molecule has 0 heterocycles. The van der Waals surface area contributed by atoms with Crippen molar-refractivity contribution in [2.75, 3.05) is 18.2 Å². The van der Waals surface area contributed by atoms with Crippen LogP contribution >= 0.6 is 11.8 Å². The van der Waals surface area contributed by atoms with E-state index in [0.29, 0.717) is 11.3 Å². The average molecular weight is 318 g/mol. The number of benzene rings is 2. The molecule has 2 aromatic carbocycles. The number of rotatable bonds is 6. The third kappa shape index (κ3) is 5.21. The molecule has 1 amide bonds. The average Bonchev–Trinajstić information content (AvgIpc) is 2.53. The van der Waals surface area contributed by atoms with Crippen molar-refractivity contribution in [3.8, 4) is 0 Å². The van der Waals surface area contributed by atoms with Gasteiger partial charge in [0.1, 0.15) is 5.82 Å². The number of nitrogens with one attached hydrogen (secondary N) is 1. The highest BCUT2D eigenvalue weighted by Crippen LogP contribution is 2.18. The number of oxime groups is 1. The summed E-state index contributed by atoms with van der Waals surface area (Å²) in [5.74, 6) is -0.612. The Labute approximate surface area is 132 Å². The van der Waals surface area contributed by atoms with Crippen LogP contribution in [-0.4, -0.2) is 25.0 Å². The fourth-order valence-electron chi connectivity index (χ4n) is 1.64. The van der Waals surface area contributed by atoms with Crippen LogP contribution in [0.3, 0.4) is 0 Å². The Hall–Kier alpha value is -2.34. The van der Waals surface area contributed by atoms with E-state index >= 15 is 0 Å². The van der Waals surface area contributed by atoms with Crippen LogP contribution in [0.2, 0.25) is 0 Å². The molecule has 0 spiro atoms. The third-order valence-corrected chi connectivity index (χ3v) is 3.42. The van der Waals surface area contributed by atoms with Gasteiger partial charge in [-0.15, -0.1) is 11.8 Å². The van der Waals surface area contributed by atoms with Crippen LogP contribution in [-0.2, 0) is 9.63 Å². The van der Waals surface area contributed by atoms with Crippen molar-refractivity contribution in [2.45, 2.75) is 4.90 Å². The third-order valence-electron chi connectivity index (χ3n) is 2.70. The van der Waals surface area contributed by atoms with Crippen molar-refractivity contribution >= 4 is 29.6 Å². The highest BCUT2D eigenvalue weighted by Gasteiger charge is 2.03. The van der Waals surface area contributed by atoms with Crippen molar-refractivity contribution < 1.29 is 14.0 Å². The van der Waals surface area contributed by atoms with Crippen LogP contribution in [0.5, 0.6) is 0 Å². The highest BCUT2D eigenvalue weighted by molar-refractivity contribution is 7.98. The van der Waals surface area contributed by atoms with E-state index in [1.54, 1.807) is 30.0 Å². The van der Waals surface area contributed by atoms with Gasteiger partial charge in [-0.1, -0.05) is 23.4 Å². The zero-order valence-electron chi connectivity index (χ0n) is 12.0. The maximum absolute atomic E-state index is 12.7. The lowest BCUT2D eigenvalue weighted by Crippen LogP contribution is -2.16. The molecule has 0 aliphatic heterocycles. The zero-order chi connectivity index (χ0) is 15.8. The number of halogens is 1. The summed E-state index contributed by atoms with van der Waals surface area (Å²) in [6.45, 7) is -0.193. The van der Waals surface area contributed by atoms with E-state index in [-0.39, 0.29) is 18.3 Å². The van der Waals surface area contributed by atoms with E-state index < -0.39 is 0 Å². The van der Waals surface area contributed by atoms with Gasteiger partial charge in [-0.25, -0.2) is 4.39 Å². The van der Waals surface area contributed by atoms with Gasteiger partial charge < -0.3 is 10.2 Å². The molecule has 0 saturated heterocycles. The normalized spacial score (nSPS) is 10.6. The number of hydrogen-bond acceptors (Lipinski definition) is 4. The molecule has 4 nitrogen and oxygen atoms in total. The van der Waals surface area contributed by atoms with Crippen LogP contribution in [0, 0.1) is 5.82 Å². The number of anilines is 1. The summed E-state index contributed by atoms with van der Waals surface area (Å²) in [7, 11) is 0. The number of nitrogens with zero attached hydrogens (tertiary/aromatic N) is 1. The van der Waals surface area contributed by atoms with Crippen molar-refractivity contribution in [3.05, 3.63) is 59.9 Å². The lowest BCUT2D eigenvalue weighted by molar-refractivity contribution is -0.120. The Bertz CT molecular complexity index is 659. The molecule has 1 N–H and O–H groups in total. The van der Waals surface area contributed by atoms with Crippen molar-refractivity contribution in [1.29, 1.82) is 0 Å². The van der Waals surface area contributed by atoms with Gasteiger partial charge in [-0.3, -0.25) is 4.79 Å². The van der Waals surface area contributed by atoms with Gasteiger partial charge in [0.2, 0.25) is 0 Å². The standard InChI is InChI=1S/C16H15FN2O2S/c1-22-15-4-2-3-14(9-15)19-16(20)11-21-18-10-12-5-7-13(17)8-6-12/h2-10H,11H2,1H3,(H,19,20)/b18-10+. The molecular weight excluding hydrogens is 303 g/mol. The molecule has 0 atom stereocenters. The maximum atomic E-state index is 12.7. The largest absolute Gasteiger partial charge is 0.386 e. The van der Waals surface area contributed by atoms with E-state index in [9.17, 15) is 9.18 Å². The van der Waals surface area contributed by atoms with Gasteiger partial charge in [0, 0.05) is 10.6 Å². The van der Waals surface area contributed by atoms with Gasteiger partial charge in [0.05, 0.1) is 6.21 Å². The van der Waals surface area contributed by atoms with E-state index in [1.807, 2.05) is 24.5 Å². The first-order valence-corrected chi connectivity index (χ1v) is 7.74. The number of thioether (sulfide) groups is 1. The minimum absolute atomic E-state index is 0.193. The number of carbonyl (C=O) groups excluding carboxylic acids is 1. The van der Waals surface area contributed by atoms with Crippen LogP contribution in [0.25, 0.3) is 0 Å². The van der Waals surface area contributed by atoms with Gasteiger partial charge in [-0.2, -0.15) is 0 Å². The maximum Gasteiger partial charge on any atom is 0.265 e. The molecule has 0 fully saturated rings. The summed E-state index contributed by atoms with van der Waals surface area (Å²) < 4.78 is 12.7. The molecule has 2 aromatic rings. The van der Waals surface area contributed by atoms with Gasteiger partial charge in [0.15, 0.2) is 6.61 Å². The van der Waals surface area contributed by atoms with E-state index in [0.717, 1.165) is 4.90 Å². The molecule has 0 aliphatic carbocycles. The molecule has 22 heavy (non-hydrogen) atoms. The molecule has 2 rings (SSSR count). The second-order valence-corrected chi connectivity index (χ2v) is 5.22. The minimum atomic E-state index is -0.315. The van der Waals surface area contributed by atoms with Crippen LogP contribution in [0.1, 0.15) is 5.56 Å². The second kappa shape index (κ2) is 8.19. The van der Waals surface area contributed by atoms with E-state index in [4.69, 9.17) is 4.84 Å². The number of hydrogen-bond donors (Lipinski definition) is 1. The predicted molar refractivity (Wildman–Crippen MR) is 86.8 cm³/mol. The fourth-order valence-corrected chi connectivity index (χ4v) is 2.10. The molecule has 0 saturated carbocycles. The Balaban J connectivity index is 1.78. The summed E-state index contributed by atoms with van der Waals surface area (Å²) in [6.07, 6.45) is 3.38. The lowest BCUT2D eigenvalue weighted by Gasteiger charge is -2.05. The molecule has 0 aliphatic rings. The second-order valence-electron chi connectivity index (χ2n) is 4.34. The molecule has 0 bridgehead atoms. The fraction of sp³-hybridized carbons (Fsp3) is 0.125. The quantitative estimate of drug-likeness (QED) is 0.503. The first-order chi connectivity index (χ1) is 10.7. The molecule has 6 heteroatoms. The van der Waals surface area contributed by atoms with Crippen molar-refractivity contribution in [1.82, 2.24) is 0 Å². The number of carbonyl (C=O) groups is 1. The van der Waals surface area contributed by atoms with Gasteiger partial charge in [-0.05, 0) is 42.2 Å². The Morgan fingerprint density at radius 1 is 1.32 bits per heavy atom. The number of amides is 1. The first-order valence-electron chi connectivity index (χ1n) is 6.52. The predicted octanol–water partition coefficient (Wildman–Crippen LogP) is 3.54. The summed E-state index contributed by atoms with van der Waals surface area (Å²) in [5, 5.41) is 6.40. The van der Waals surface area contributed by atoms with Crippen LogP contribution in [0.15, 0.2) is 58.6 Å². The van der Waals surface area contributed by atoms with E-state index in [1.165, 1.54) is 18.3 Å². The Kier molecular flexibility index (Phi) is 5.97. The minimum Gasteiger partial charge on any atom is -0.386 e. The first kappa shape index (κ1) is 16.0. The van der Waals surface area contributed by atoms with Crippen molar-refractivity contribution in [2.24, 2.45) is 5.16 Å². The summed E-state index contributed by atoms with van der Waals surface area (Å²) in [6, 6.07) is 13.3. The van der Waals surface area contributed by atoms with Crippen molar-refractivity contribution in [3.63, 3.8) is 0 Å².